The molecule has 2 atom stereocenters. The van der Waals surface area contributed by atoms with Crippen LogP contribution in [0.4, 0.5) is 0 Å². The summed E-state index contributed by atoms with van der Waals surface area (Å²) in [5, 5.41) is 0. The molecule has 1 aliphatic heterocycles. The van der Waals surface area contributed by atoms with E-state index in [1.165, 1.54) is 0 Å². The second-order valence-electron chi connectivity index (χ2n) is 6.26. The van der Waals surface area contributed by atoms with E-state index in [4.69, 9.17) is 4.74 Å². The van der Waals surface area contributed by atoms with Crippen LogP contribution in [0.3, 0.4) is 0 Å². The van der Waals surface area contributed by atoms with Crippen LogP contribution in [0.5, 0.6) is 5.75 Å². The molecule has 2 rings (SSSR count). The summed E-state index contributed by atoms with van der Waals surface area (Å²) in [4.78, 5) is 16.8. The summed E-state index contributed by atoms with van der Waals surface area (Å²) in [6.07, 6.45) is 0. The minimum atomic E-state index is -0.170. The fraction of sp³-hybridized carbons (Fsp3) is 0.588. The van der Waals surface area contributed by atoms with Crippen molar-refractivity contribution in [2.24, 2.45) is 0 Å². The molecule has 1 aliphatic rings. The van der Waals surface area contributed by atoms with Crippen molar-refractivity contribution < 1.29 is 9.53 Å². The van der Waals surface area contributed by atoms with E-state index in [-0.39, 0.29) is 5.97 Å². The van der Waals surface area contributed by atoms with Crippen LogP contribution in [0.2, 0.25) is 0 Å². The molecule has 0 saturated carbocycles. The monoisotopic (exact) mass is 290 g/mol. The van der Waals surface area contributed by atoms with Gasteiger partial charge in [-0.15, -0.1) is 0 Å². The quantitative estimate of drug-likeness (QED) is 0.631. The average Bonchev–Trinajstić information content (AvgIpc) is 2.40. The van der Waals surface area contributed by atoms with Gasteiger partial charge in [-0.3, -0.25) is 9.69 Å². The summed E-state index contributed by atoms with van der Waals surface area (Å²) in [6.45, 7) is 10.5. The average molecular weight is 290 g/mol. The van der Waals surface area contributed by atoms with Gasteiger partial charge in [0, 0.05) is 25.2 Å². The normalized spacial score (nSPS) is 24.0. The van der Waals surface area contributed by atoms with E-state index in [9.17, 15) is 4.79 Å². The van der Waals surface area contributed by atoms with Gasteiger partial charge in [-0.05, 0) is 45.9 Å². The Morgan fingerprint density at radius 2 is 1.81 bits per heavy atom. The molecular weight excluding hydrogens is 264 g/mol. The van der Waals surface area contributed by atoms with Crippen LogP contribution in [0.25, 0.3) is 0 Å². The molecule has 4 heteroatoms. The highest BCUT2D eigenvalue weighted by atomic mass is 16.5. The molecule has 0 radical (unpaired) electrons. The summed E-state index contributed by atoms with van der Waals surface area (Å²) < 4.78 is 5.59. The van der Waals surface area contributed by atoms with Crippen LogP contribution in [0.1, 0.15) is 25.0 Å². The number of carbonyl (C=O) groups excluding carboxylic acids is 1. The highest BCUT2D eigenvalue weighted by molar-refractivity contribution is 5.75. The van der Waals surface area contributed by atoms with Gasteiger partial charge in [0.15, 0.2) is 0 Å². The Morgan fingerprint density at radius 1 is 1.19 bits per heavy atom. The Balaban J connectivity index is 1.99. The number of likely N-dealkylation sites (N-methyl/N-ethyl adjacent to an activating group) is 1. The first-order chi connectivity index (χ1) is 9.88. The van der Waals surface area contributed by atoms with E-state index >= 15 is 0 Å². The van der Waals surface area contributed by atoms with E-state index in [0.29, 0.717) is 24.4 Å². The number of para-hydroxylation sites is 1. The first-order valence-electron chi connectivity index (χ1n) is 7.59. The maximum atomic E-state index is 12.2. The SMILES string of the molecule is Cc1cccc(C)c1OC(=O)CN1CC(C)N(C)CC1C. The van der Waals surface area contributed by atoms with Crippen molar-refractivity contribution in [3.63, 3.8) is 0 Å². The number of esters is 1. The minimum Gasteiger partial charge on any atom is -0.425 e. The molecule has 4 nitrogen and oxygen atoms in total. The molecule has 116 valence electrons. The zero-order valence-electron chi connectivity index (χ0n) is 13.7. The molecular formula is C17H26N2O2. The van der Waals surface area contributed by atoms with E-state index in [1.54, 1.807) is 0 Å². The zero-order valence-corrected chi connectivity index (χ0v) is 13.7. The van der Waals surface area contributed by atoms with Gasteiger partial charge >= 0.3 is 5.97 Å². The number of piperazine rings is 1. The summed E-state index contributed by atoms with van der Waals surface area (Å²) in [5.74, 6) is 0.535. The Hall–Kier alpha value is -1.39. The number of rotatable bonds is 3. The van der Waals surface area contributed by atoms with Crippen molar-refractivity contribution in [3.05, 3.63) is 29.3 Å². The van der Waals surface area contributed by atoms with E-state index in [2.05, 4.69) is 30.7 Å². The molecule has 1 fully saturated rings. The zero-order chi connectivity index (χ0) is 15.6. The lowest BCUT2D eigenvalue weighted by Crippen LogP contribution is -2.56. The first-order valence-corrected chi connectivity index (χ1v) is 7.59. The van der Waals surface area contributed by atoms with Crippen LogP contribution >= 0.6 is 0 Å². The van der Waals surface area contributed by atoms with Crippen LogP contribution in [-0.2, 0) is 4.79 Å². The smallest absolute Gasteiger partial charge is 0.325 e. The minimum absolute atomic E-state index is 0.170. The van der Waals surface area contributed by atoms with Crippen molar-refractivity contribution in [1.82, 2.24) is 9.80 Å². The summed E-state index contributed by atoms with van der Waals surface area (Å²) in [5.41, 5.74) is 2.01. The van der Waals surface area contributed by atoms with Gasteiger partial charge in [0.2, 0.25) is 0 Å². The number of hydrogen-bond donors (Lipinski definition) is 0. The molecule has 0 bridgehead atoms. The van der Waals surface area contributed by atoms with Crippen LogP contribution < -0.4 is 4.74 Å². The number of hydrogen-bond acceptors (Lipinski definition) is 4. The molecule has 1 heterocycles. The van der Waals surface area contributed by atoms with Crippen molar-refractivity contribution in [2.45, 2.75) is 39.8 Å². The molecule has 21 heavy (non-hydrogen) atoms. The second-order valence-corrected chi connectivity index (χ2v) is 6.26. The van der Waals surface area contributed by atoms with Crippen molar-refractivity contribution in [2.75, 3.05) is 26.7 Å². The van der Waals surface area contributed by atoms with Crippen molar-refractivity contribution in [1.29, 1.82) is 0 Å². The maximum Gasteiger partial charge on any atom is 0.325 e. The second kappa shape index (κ2) is 6.58. The van der Waals surface area contributed by atoms with Gasteiger partial charge in [0.05, 0.1) is 6.54 Å². The van der Waals surface area contributed by atoms with E-state index in [1.807, 2.05) is 32.0 Å². The molecule has 0 spiro atoms. The lowest BCUT2D eigenvalue weighted by atomic mass is 10.1. The van der Waals surface area contributed by atoms with Gasteiger partial charge in [-0.1, -0.05) is 18.2 Å². The van der Waals surface area contributed by atoms with Gasteiger partial charge in [-0.25, -0.2) is 0 Å². The summed E-state index contributed by atoms with van der Waals surface area (Å²) in [6, 6.07) is 6.75. The van der Waals surface area contributed by atoms with Crippen LogP contribution in [0.15, 0.2) is 18.2 Å². The Bertz CT molecular complexity index is 495. The van der Waals surface area contributed by atoms with Crippen molar-refractivity contribution >= 4 is 5.97 Å². The highest BCUT2D eigenvalue weighted by Crippen LogP contribution is 2.23. The van der Waals surface area contributed by atoms with Crippen LogP contribution in [-0.4, -0.2) is 54.5 Å². The highest BCUT2D eigenvalue weighted by Gasteiger charge is 2.28. The van der Waals surface area contributed by atoms with Gasteiger partial charge in [0.1, 0.15) is 5.75 Å². The number of aryl methyl sites for hydroxylation is 2. The standard InChI is InChI=1S/C17H26N2O2/c1-12-7-6-8-13(2)17(12)21-16(20)11-19-10-14(3)18(5)9-15(19)4/h6-8,14-15H,9-11H2,1-5H3. The summed E-state index contributed by atoms with van der Waals surface area (Å²) >= 11 is 0. The van der Waals surface area contributed by atoms with E-state index in [0.717, 1.165) is 24.2 Å². The number of nitrogens with zero attached hydrogens (tertiary/aromatic N) is 2. The molecule has 2 unspecified atom stereocenters. The third-order valence-electron chi connectivity index (χ3n) is 4.38. The fourth-order valence-electron chi connectivity index (χ4n) is 2.86. The Morgan fingerprint density at radius 3 is 2.43 bits per heavy atom. The Labute approximate surface area is 127 Å². The lowest BCUT2D eigenvalue weighted by Gasteiger charge is -2.41. The van der Waals surface area contributed by atoms with E-state index < -0.39 is 0 Å². The largest absolute Gasteiger partial charge is 0.425 e. The predicted octanol–water partition coefficient (Wildman–Crippen LogP) is 2.23. The lowest BCUT2D eigenvalue weighted by molar-refractivity contribution is -0.137. The molecule has 1 saturated heterocycles. The van der Waals surface area contributed by atoms with Gasteiger partial charge in [-0.2, -0.15) is 0 Å². The topological polar surface area (TPSA) is 32.8 Å². The number of ether oxygens (including phenoxy) is 1. The van der Waals surface area contributed by atoms with Crippen LogP contribution in [0, 0.1) is 13.8 Å². The molecule has 1 aromatic carbocycles. The molecule has 0 aliphatic carbocycles. The predicted molar refractivity (Wildman–Crippen MR) is 84.7 cm³/mol. The van der Waals surface area contributed by atoms with Gasteiger partial charge in [0.25, 0.3) is 0 Å². The van der Waals surface area contributed by atoms with Gasteiger partial charge < -0.3 is 9.64 Å². The molecule has 0 N–H and O–H groups in total. The maximum absolute atomic E-state index is 12.2. The van der Waals surface area contributed by atoms with Crippen molar-refractivity contribution in [3.8, 4) is 5.75 Å². The third-order valence-corrected chi connectivity index (χ3v) is 4.38. The molecule has 1 aromatic rings. The fourth-order valence-corrected chi connectivity index (χ4v) is 2.86. The molecule has 0 aromatic heterocycles. The number of carbonyl (C=O) groups is 1. The first kappa shape index (κ1) is 16.0. The summed E-state index contributed by atoms with van der Waals surface area (Å²) in [7, 11) is 2.13. The third kappa shape index (κ3) is 3.83. The molecule has 0 amide bonds. The number of benzene rings is 1. The Kier molecular flexibility index (Phi) is 5.01.